The summed E-state index contributed by atoms with van der Waals surface area (Å²) in [6.07, 6.45) is 3.95. The quantitative estimate of drug-likeness (QED) is 0.319. The summed E-state index contributed by atoms with van der Waals surface area (Å²) in [6, 6.07) is 29.5. The van der Waals surface area contributed by atoms with Crippen LogP contribution in [0.15, 0.2) is 109 Å². The Bertz CT molecular complexity index is 1700. The molecular formula is C33H23ClN2O3. The zero-order valence-corrected chi connectivity index (χ0v) is 21.5. The lowest BCUT2D eigenvalue weighted by molar-refractivity contribution is -0.121. The molecule has 1 N–H and O–H groups in total. The van der Waals surface area contributed by atoms with Crippen molar-refractivity contribution >= 4 is 46.5 Å². The van der Waals surface area contributed by atoms with E-state index in [9.17, 15) is 14.4 Å². The molecule has 1 amide bonds. The second-order valence-corrected chi connectivity index (χ2v) is 10.5. The van der Waals surface area contributed by atoms with E-state index in [0.29, 0.717) is 22.4 Å². The number of halogens is 1. The summed E-state index contributed by atoms with van der Waals surface area (Å²) in [7, 11) is 0. The summed E-state index contributed by atoms with van der Waals surface area (Å²) in [6.45, 7) is 0. The van der Waals surface area contributed by atoms with E-state index in [1.54, 1.807) is 36.4 Å². The molecule has 5 nitrogen and oxygen atoms in total. The van der Waals surface area contributed by atoms with Crippen molar-refractivity contribution in [3.8, 4) is 0 Å². The summed E-state index contributed by atoms with van der Waals surface area (Å²) in [5.74, 6) is -1.89. The fourth-order valence-corrected chi connectivity index (χ4v) is 6.95. The highest BCUT2D eigenvalue weighted by Gasteiger charge is 2.70. The molecule has 0 unspecified atom stereocenters. The Labute approximate surface area is 230 Å². The zero-order chi connectivity index (χ0) is 26.7. The van der Waals surface area contributed by atoms with Gasteiger partial charge < -0.3 is 10.2 Å². The minimum absolute atomic E-state index is 0.217. The SMILES string of the molecule is O=C(c1ccccc1Cl)[C@@H]1[C@H](C(=O)c2ccccc2)N2c3ccccc3C=C[C@@H]2[C@@]12C(=O)Nc1ccccc12. The molecule has 0 radical (unpaired) electrons. The van der Waals surface area contributed by atoms with E-state index >= 15 is 0 Å². The van der Waals surface area contributed by atoms with E-state index in [-0.39, 0.29) is 22.5 Å². The number of Topliss-reactive ketones (excluding diaryl/α,β-unsaturated/α-hetero) is 2. The highest BCUT2D eigenvalue weighted by molar-refractivity contribution is 6.34. The van der Waals surface area contributed by atoms with Gasteiger partial charge in [0.2, 0.25) is 5.91 Å². The van der Waals surface area contributed by atoms with Gasteiger partial charge in [0, 0.05) is 22.5 Å². The predicted molar refractivity (Wildman–Crippen MR) is 152 cm³/mol. The van der Waals surface area contributed by atoms with Gasteiger partial charge in [-0.3, -0.25) is 14.4 Å². The van der Waals surface area contributed by atoms with E-state index in [1.165, 1.54) is 0 Å². The topological polar surface area (TPSA) is 66.5 Å². The molecule has 4 aromatic carbocycles. The second-order valence-electron chi connectivity index (χ2n) is 10.1. The van der Waals surface area contributed by atoms with E-state index < -0.39 is 23.4 Å². The van der Waals surface area contributed by atoms with Crippen LogP contribution in [0.3, 0.4) is 0 Å². The van der Waals surface area contributed by atoms with Crippen LogP contribution in [0.4, 0.5) is 11.4 Å². The fourth-order valence-electron chi connectivity index (χ4n) is 6.72. The third-order valence-electron chi connectivity index (χ3n) is 8.29. The largest absolute Gasteiger partial charge is 0.352 e. The van der Waals surface area contributed by atoms with Crippen LogP contribution >= 0.6 is 11.6 Å². The molecule has 190 valence electrons. The molecule has 6 heteroatoms. The molecule has 3 heterocycles. The maximum absolute atomic E-state index is 14.7. The van der Waals surface area contributed by atoms with Gasteiger partial charge in [0.25, 0.3) is 0 Å². The Kier molecular flexibility index (Phi) is 5.32. The zero-order valence-electron chi connectivity index (χ0n) is 20.8. The first-order valence-corrected chi connectivity index (χ1v) is 13.3. The second kappa shape index (κ2) is 8.79. The summed E-state index contributed by atoms with van der Waals surface area (Å²) >= 11 is 6.57. The molecule has 1 fully saturated rings. The van der Waals surface area contributed by atoms with Gasteiger partial charge in [-0.2, -0.15) is 0 Å². The Morgan fingerprint density at radius 3 is 2.31 bits per heavy atom. The van der Waals surface area contributed by atoms with Gasteiger partial charge in [-0.25, -0.2) is 0 Å². The van der Waals surface area contributed by atoms with Crippen LogP contribution in [0.1, 0.15) is 31.8 Å². The van der Waals surface area contributed by atoms with Gasteiger partial charge in [0.1, 0.15) is 11.5 Å². The summed E-state index contributed by atoms with van der Waals surface area (Å²) in [5.41, 5.74) is 2.52. The summed E-state index contributed by atoms with van der Waals surface area (Å²) in [5, 5.41) is 3.33. The van der Waals surface area contributed by atoms with Crippen molar-refractivity contribution < 1.29 is 14.4 Å². The number of hydrogen-bond donors (Lipinski definition) is 1. The first kappa shape index (κ1) is 23.6. The van der Waals surface area contributed by atoms with Gasteiger partial charge in [-0.1, -0.05) is 103 Å². The molecule has 0 aliphatic carbocycles. The molecular weight excluding hydrogens is 508 g/mol. The van der Waals surface area contributed by atoms with Crippen LogP contribution in [-0.4, -0.2) is 29.6 Å². The first-order chi connectivity index (χ1) is 19.0. The molecule has 1 spiro atoms. The van der Waals surface area contributed by atoms with E-state index in [1.807, 2.05) is 83.8 Å². The number of rotatable bonds is 4. The Hall–Kier alpha value is -4.48. The minimum atomic E-state index is -1.36. The Morgan fingerprint density at radius 2 is 1.49 bits per heavy atom. The van der Waals surface area contributed by atoms with Gasteiger partial charge in [0.05, 0.1) is 17.0 Å². The Balaban J connectivity index is 1.56. The predicted octanol–water partition coefficient (Wildman–Crippen LogP) is 6.20. The molecule has 0 saturated carbocycles. The highest BCUT2D eigenvalue weighted by atomic mass is 35.5. The maximum atomic E-state index is 14.7. The van der Waals surface area contributed by atoms with Crippen LogP contribution < -0.4 is 10.2 Å². The van der Waals surface area contributed by atoms with Crippen molar-refractivity contribution in [2.45, 2.75) is 17.5 Å². The first-order valence-electron chi connectivity index (χ1n) is 12.9. The van der Waals surface area contributed by atoms with Crippen molar-refractivity contribution in [2.75, 3.05) is 10.2 Å². The lowest BCUT2D eigenvalue weighted by Crippen LogP contribution is -2.51. The van der Waals surface area contributed by atoms with Crippen molar-refractivity contribution in [3.05, 3.63) is 136 Å². The average molecular weight is 531 g/mol. The van der Waals surface area contributed by atoms with Crippen LogP contribution in [0.5, 0.6) is 0 Å². The molecule has 3 aliphatic heterocycles. The molecule has 39 heavy (non-hydrogen) atoms. The van der Waals surface area contributed by atoms with Crippen molar-refractivity contribution in [1.82, 2.24) is 0 Å². The van der Waals surface area contributed by atoms with Crippen LogP contribution in [-0.2, 0) is 10.2 Å². The normalized spacial score (nSPS) is 24.2. The standard InChI is InChI=1S/C33H23ClN2O3/c34-24-15-7-5-13-22(24)31(38)28-29(30(37)21-11-2-1-3-12-21)36-26-17-9-4-10-20(26)18-19-27(36)33(28)23-14-6-8-16-25(23)35-32(33)39/h1-19,27-29H,(H,35,39)/t27-,28+,29-,33-/m1/s1. The lowest BCUT2D eigenvalue weighted by Gasteiger charge is -2.37. The minimum Gasteiger partial charge on any atom is -0.352 e. The smallest absolute Gasteiger partial charge is 0.238 e. The number of benzene rings is 4. The molecule has 4 atom stereocenters. The number of anilines is 2. The highest BCUT2D eigenvalue weighted by Crippen LogP contribution is 2.58. The summed E-state index contributed by atoms with van der Waals surface area (Å²) in [4.78, 5) is 45.5. The maximum Gasteiger partial charge on any atom is 0.238 e. The number of amides is 1. The third kappa shape index (κ3) is 3.23. The number of nitrogens with one attached hydrogen (secondary N) is 1. The number of fused-ring (bicyclic) bond motifs is 6. The van der Waals surface area contributed by atoms with Crippen molar-refractivity contribution in [3.63, 3.8) is 0 Å². The summed E-state index contributed by atoms with van der Waals surface area (Å²) < 4.78 is 0. The van der Waals surface area contributed by atoms with Gasteiger partial charge in [0.15, 0.2) is 11.6 Å². The third-order valence-corrected chi connectivity index (χ3v) is 8.62. The van der Waals surface area contributed by atoms with Crippen molar-refractivity contribution in [1.29, 1.82) is 0 Å². The molecule has 7 rings (SSSR count). The van der Waals surface area contributed by atoms with Gasteiger partial charge in [-0.15, -0.1) is 0 Å². The van der Waals surface area contributed by atoms with Gasteiger partial charge in [-0.05, 0) is 35.4 Å². The fraction of sp³-hybridized carbons (Fsp3) is 0.121. The molecule has 0 aromatic heterocycles. The van der Waals surface area contributed by atoms with Crippen molar-refractivity contribution in [2.24, 2.45) is 5.92 Å². The van der Waals surface area contributed by atoms with Gasteiger partial charge >= 0.3 is 0 Å². The van der Waals surface area contributed by atoms with E-state index in [4.69, 9.17) is 11.6 Å². The number of ketones is 2. The average Bonchev–Trinajstić information content (AvgIpc) is 3.45. The Morgan fingerprint density at radius 1 is 0.795 bits per heavy atom. The lowest BCUT2D eigenvalue weighted by atomic mass is 9.64. The number of para-hydroxylation sites is 2. The molecule has 0 bridgehead atoms. The molecule has 4 aromatic rings. The number of nitrogens with zero attached hydrogens (tertiary/aromatic N) is 1. The molecule has 3 aliphatic rings. The molecule has 1 saturated heterocycles. The monoisotopic (exact) mass is 530 g/mol. The van der Waals surface area contributed by atoms with Crippen LogP contribution in [0.2, 0.25) is 5.02 Å². The van der Waals surface area contributed by atoms with E-state index in [2.05, 4.69) is 5.32 Å². The number of carbonyl (C=O) groups excluding carboxylic acids is 3. The van der Waals surface area contributed by atoms with Crippen LogP contribution in [0.25, 0.3) is 6.08 Å². The van der Waals surface area contributed by atoms with Crippen LogP contribution in [0, 0.1) is 5.92 Å². The van der Waals surface area contributed by atoms with E-state index in [0.717, 1.165) is 11.3 Å². The number of carbonyl (C=O) groups is 3. The number of hydrogen-bond acceptors (Lipinski definition) is 4.